The summed E-state index contributed by atoms with van der Waals surface area (Å²) in [4.78, 5) is -0.0214. The zero-order chi connectivity index (χ0) is 13.3. The molecule has 1 aromatic carbocycles. The summed E-state index contributed by atoms with van der Waals surface area (Å²) in [5.74, 6) is 0.951. The van der Waals surface area contributed by atoms with Gasteiger partial charge in [0.1, 0.15) is 5.82 Å². The van der Waals surface area contributed by atoms with Crippen molar-refractivity contribution < 1.29 is 12.8 Å². The molecule has 0 radical (unpaired) electrons. The second-order valence-corrected chi connectivity index (χ2v) is 7.27. The maximum Gasteiger partial charge on any atom is 0.243 e. The number of hydrogen-bond acceptors (Lipinski definition) is 4. The average Bonchev–Trinajstić information content (AvgIpc) is 2.34. The van der Waals surface area contributed by atoms with E-state index in [2.05, 4.69) is 0 Å². The molecule has 0 aromatic heterocycles. The minimum absolute atomic E-state index is 0.0214. The highest BCUT2D eigenvalue weighted by Gasteiger charge is 2.28. The number of nitrogens with zero attached hydrogens (tertiary/aromatic N) is 1. The van der Waals surface area contributed by atoms with Crippen LogP contribution in [0, 0.1) is 12.7 Å². The van der Waals surface area contributed by atoms with Crippen LogP contribution in [0.15, 0.2) is 17.0 Å². The number of sulfonamides is 1. The molecule has 7 heteroatoms. The molecule has 0 atom stereocenters. The normalized spacial score (nSPS) is 17.9. The van der Waals surface area contributed by atoms with E-state index in [0.29, 0.717) is 13.1 Å². The van der Waals surface area contributed by atoms with Gasteiger partial charge in [0.25, 0.3) is 0 Å². The second-order valence-electron chi connectivity index (χ2n) is 4.14. The van der Waals surface area contributed by atoms with E-state index in [0.717, 1.165) is 17.6 Å². The van der Waals surface area contributed by atoms with Gasteiger partial charge in [-0.1, -0.05) is 0 Å². The van der Waals surface area contributed by atoms with Gasteiger partial charge >= 0.3 is 0 Å². The lowest BCUT2D eigenvalue weighted by Crippen LogP contribution is -2.38. The first-order valence-corrected chi connectivity index (χ1v) is 8.16. The first-order chi connectivity index (χ1) is 8.43. The van der Waals surface area contributed by atoms with Gasteiger partial charge in [-0.2, -0.15) is 16.1 Å². The summed E-state index contributed by atoms with van der Waals surface area (Å²) >= 11 is 1.72. The molecular weight excluding hydrogens is 275 g/mol. The number of halogens is 1. The van der Waals surface area contributed by atoms with Crippen molar-refractivity contribution in [1.82, 2.24) is 4.31 Å². The van der Waals surface area contributed by atoms with Gasteiger partial charge in [-0.05, 0) is 19.1 Å². The highest BCUT2D eigenvalue weighted by atomic mass is 32.2. The van der Waals surface area contributed by atoms with Gasteiger partial charge < -0.3 is 5.73 Å². The monoisotopic (exact) mass is 290 g/mol. The predicted molar refractivity (Wildman–Crippen MR) is 71.6 cm³/mol. The van der Waals surface area contributed by atoms with Crippen LogP contribution < -0.4 is 5.73 Å². The first-order valence-electron chi connectivity index (χ1n) is 5.56. The third-order valence-electron chi connectivity index (χ3n) is 2.91. The Balaban J connectivity index is 2.46. The number of thioether (sulfide) groups is 1. The van der Waals surface area contributed by atoms with E-state index in [4.69, 9.17) is 5.73 Å². The topological polar surface area (TPSA) is 63.4 Å². The molecule has 100 valence electrons. The minimum atomic E-state index is -3.64. The lowest BCUT2D eigenvalue weighted by Gasteiger charge is -2.26. The lowest BCUT2D eigenvalue weighted by atomic mass is 10.2. The van der Waals surface area contributed by atoms with E-state index < -0.39 is 15.8 Å². The largest absolute Gasteiger partial charge is 0.399 e. The molecule has 1 aliphatic heterocycles. The third-order valence-corrected chi connectivity index (χ3v) is 5.87. The SMILES string of the molecule is Cc1c(F)cc(N)cc1S(=O)(=O)N1CCSCC1. The molecule has 0 aliphatic carbocycles. The fourth-order valence-electron chi connectivity index (χ4n) is 1.87. The average molecular weight is 290 g/mol. The molecule has 2 N–H and O–H groups in total. The summed E-state index contributed by atoms with van der Waals surface area (Å²) in [5.41, 5.74) is 5.78. The number of nitrogens with two attached hydrogens (primary N) is 1. The van der Waals surface area contributed by atoms with Crippen molar-refractivity contribution in [3.63, 3.8) is 0 Å². The predicted octanol–water partition coefficient (Wildman–Crippen LogP) is 1.45. The summed E-state index contributed by atoms with van der Waals surface area (Å²) in [6, 6.07) is 2.47. The summed E-state index contributed by atoms with van der Waals surface area (Å²) in [6.45, 7) is 2.38. The van der Waals surface area contributed by atoms with Crippen LogP contribution in [0.3, 0.4) is 0 Å². The van der Waals surface area contributed by atoms with Crippen LogP contribution in [0.1, 0.15) is 5.56 Å². The van der Waals surface area contributed by atoms with Crippen molar-refractivity contribution in [2.75, 3.05) is 30.3 Å². The van der Waals surface area contributed by atoms with Crippen LogP contribution in [0.2, 0.25) is 0 Å². The van der Waals surface area contributed by atoms with Gasteiger partial charge in [0, 0.05) is 35.8 Å². The number of nitrogen functional groups attached to an aromatic ring is 1. The summed E-state index contributed by atoms with van der Waals surface area (Å²) in [7, 11) is -3.64. The summed E-state index contributed by atoms with van der Waals surface area (Å²) in [6.07, 6.45) is 0. The van der Waals surface area contributed by atoms with Gasteiger partial charge in [-0.25, -0.2) is 12.8 Å². The van der Waals surface area contributed by atoms with E-state index in [1.165, 1.54) is 17.3 Å². The standard InChI is InChI=1S/C11H15FN2O2S2/c1-8-10(12)6-9(13)7-11(8)18(15,16)14-2-4-17-5-3-14/h6-7H,2-5,13H2,1H3. The highest BCUT2D eigenvalue weighted by Crippen LogP contribution is 2.26. The lowest BCUT2D eigenvalue weighted by molar-refractivity contribution is 0.442. The Bertz CT molecular complexity index is 554. The number of hydrogen-bond donors (Lipinski definition) is 1. The van der Waals surface area contributed by atoms with Gasteiger partial charge in [0.2, 0.25) is 10.0 Å². The van der Waals surface area contributed by atoms with E-state index in [1.54, 1.807) is 11.8 Å². The van der Waals surface area contributed by atoms with Crippen LogP contribution in [0.5, 0.6) is 0 Å². The van der Waals surface area contributed by atoms with E-state index in [-0.39, 0.29) is 16.1 Å². The molecule has 1 heterocycles. The molecule has 1 fully saturated rings. The van der Waals surface area contributed by atoms with E-state index in [1.807, 2.05) is 0 Å². The van der Waals surface area contributed by atoms with Crippen LogP contribution >= 0.6 is 11.8 Å². The maximum absolute atomic E-state index is 13.6. The molecule has 1 aliphatic rings. The van der Waals surface area contributed by atoms with Crippen LogP contribution in [0.4, 0.5) is 10.1 Å². The Morgan fingerprint density at radius 1 is 1.33 bits per heavy atom. The highest BCUT2D eigenvalue weighted by molar-refractivity contribution is 7.99. The van der Waals surface area contributed by atoms with E-state index in [9.17, 15) is 12.8 Å². The van der Waals surface area contributed by atoms with Gasteiger partial charge in [0.15, 0.2) is 0 Å². The van der Waals surface area contributed by atoms with Crippen LogP contribution in [-0.4, -0.2) is 37.3 Å². The Kier molecular flexibility index (Phi) is 3.84. The molecule has 0 unspecified atom stereocenters. The maximum atomic E-state index is 13.6. The van der Waals surface area contributed by atoms with Crippen LogP contribution in [-0.2, 0) is 10.0 Å². The molecule has 0 saturated carbocycles. The molecule has 4 nitrogen and oxygen atoms in total. The van der Waals surface area contributed by atoms with Crippen molar-refractivity contribution in [3.8, 4) is 0 Å². The van der Waals surface area contributed by atoms with Gasteiger partial charge in [-0.15, -0.1) is 0 Å². The molecule has 2 rings (SSSR count). The molecule has 1 saturated heterocycles. The van der Waals surface area contributed by atoms with Crippen molar-refractivity contribution in [2.45, 2.75) is 11.8 Å². The zero-order valence-electron chi connectivity index (χ0n) is 10.0. The molecule has 18 heavy (non-hydrogen) atoms. The van der Waals surface area contributed by atoms with Crippen molar-refractivity contribution in [3.05, 3.63) is 23.5 Å². The Labute approximate surface area is 110 Å². The fourth-order valence-corrected chi connectivity index (χ4v) is 4.71. The minimum Gasteiger partial charge on any atom is -0.399 e. The molecule has 0 bridgehead atoms. The third kappa shape index (κ3) is 2.48. The summed E-state index contributed by atoms with van der Waals surface area (Å²) < 4.78 is 39.8. The van der Waals surface area contributed by atoms with Crippen molar-refractivity contribution >= 4 is 27.5 Å². The van der Waals surface area contributed by atoms with Gasteiger partial charge in [0.05, 0.1) is 4.90 Å². The second kappa shape index (κ2) is 5.07. The van der Waals surface area contributed by atoms with Crippen LogP contribution in [0.25, 0.3) is 0 Å². The zero-order valence-corrected chi connectivity index (χ0v) is 11.7. The number of anilines is 1. The molecule has 1 aromatic rings. The smallest absolute Gasteiger partial charge is 0.243 e. The number of rotatable bonds is 2. The molecule has 0 spiro atoms. The number of benzene rings is 1. The first kappa shape index (κ1) is 13.6. The Morgan fingerprint density at radius 2 is 1.94 bits per heavy atom. The molecular formula is C11H15FN2O2S2. The molecule has 0 amide bonds. The Hall–Kier alpha value is -0.790. The summed E-state index contributed by atoms with van der Waals surface area (Å²) in [5, 5.41) is 0. The Morgan fingerprint density at radius 3 is 2.56 bits per heavy atom. The van der Waals surface area contributed by atoms with Gasteiger partial charge in [-0.3, -0.25) is 0 Å². The van der Waals surface area contributed by atoms with E-state index >= 15 is 0 Å². The quantitative estimate of drug-likeness (QED) is 0.838. The van der Waals surface area contributed by atoms with Crippen molar-refractivity contribution in [1.29, 1.82) is 0 Å². The van der Waals surface area contributed by atoms with Crippen molar-refractivity contribution in [2.24, 2.45) is 0 Å². The fraction of sp³-hybridized carbons (Fsp3) is 0.455.